The molecule has 186 valence electrons. The Kier molecular flexibility index (Phi) is 8.38. The highest BCUT2D eigenvalue weighted by atomic mass is 127. The van der Waals surface area contributed by atoms with Gasteiger partial charge in [-0.1, -0.05) is 36.9 Å². The zero-order chi connectivity index (χ0) is 26.0. The molecule has 1 heterocycles. The third-order valence-electron chi connectivity index (χ3n) is 5.29. The van der Waals surface area contributed by atoms with E-state index in [-0.39, 0.29) is 22.1 Å². The van der Waals surface area contributed by atoms with Gasteiger partial charge in [0.1, 0.15) is 0 Å². The van der Waals surface area contributed by atoms with E-state index in [0.29, 0.717) is 21.7 Å². The number of carbonyl (C=O) groups excluding carboxylic acids is 1. The van der Waals surface area contributed by atoms with Crippen LogP contribution in [0.15, 0.2) is 75.5 Å². The molecule has 3 aromatic carbocycles. The second-order valence-corrected chi connectivity index (χ2v) is 12.6. The normalized spacial score (nSPS) is 11.6. The minimum absolute atomic E-state index is 0.0200. The van der Waals surface area contributed by atoms with Crippen molar-refractivity contribution in [3.05, 3.63) is 83.7 Å². The van der Waals surface area contributed by atoms with Crippen LogP contribution in [0.1, 0.15) is 12.5 Å². The molecular weight excluding hydrogens is 726 g/mol. The maximum atomic E-state index is 13.6. The fourth-order valence-electron chi connectivity index (χ4n) is 3.57. The number of thioether (sulfide) groups is 1. The topological polar surface area (TPSA) is 124 Å². The van der Waals surface area contributed by atoms with Crippen LogP contribution >= 0.6 is 56.9 Å². The van der Waals surface area contributed by atoms with E-state index in [1.54, 1.807) is 6.07 Å². The Morgan fingerprint density at radius 2 is 1.81 bits per heavy atom. The van der Waals surface area contributed by atoms with Crippen LogP contribution in [-0.4, -0.2) is 29.6 Å². The Labute approximate surface area is 239 Å². The Bertz CT molecular complexity index is 1640. The molecule has 0 spiro atoms. The summed E-state index contributed by atoms with van der Waals surface area (Å²) >= 11 is 5.40. The first-order valence-electron chi connectivity index (χ1n) is 10.6. The lowest BCUT2D eigenvalue weighted by Crippen LogP contribution is -2.23. The van der Waals surface area contributed by atoms with Crippen molar-refractivity contribution in [2.75, 3.05) is 11.1 Å². The molecule has 3 N–H and O–H groups in total. The first kappa shape index (κ1) is 27.0. The number of aryl methyl sites for hydroxylation is 1. The number of nitrogens with two attached hydrogens (primary N) is 1. The molecule has 8 nitrogen and oxygen atoms in total. The number of hydrogen-bond donors (Lipinski definition) is 2. The van der Waals surface area contributed by atoms with Gasteiger partial charge < -0.3 is 5.32 Å². The molecule has 0 aliphatic heterocycles. The second kappa shape index (κ2) is 11.2. The Morgan fingerprint density at radius 1 is 1.11 bits per heavy atom. The minimum Gasteiger partial charge on any atom is -0.325 e. The number of amides is 1. The number of carbonyl (C=O) groups is 1. The Hall–Kier alpha value is -2.01. The highest BCUT2D eigenvalue weighted by Gasteiger charge is 2.18. The number of anilines is 1. The maximum absolute atomic E-state index is 13.6. The van der Waals surface area contributed by atoms with Gasteiger partial charge >= 0.3 is 0 Å². The fourth-order valence-corrected chi connectivity index (χ4v) is 6.86. The quantitative estimate of drug-likeness (QED) is 0.163. The van der Waals surface area contributed by atoms with Crippen molar-refractivity contribution in [3.8, 4) is 5.69 Å². The average molecular weight is 746 g/mol. The smallest absolute Gasteiger partial charge is 0.266 e. The van der Waals surface area contributed by atoms with Crippen LogP contribution in [0.2, 0.25) is 0 Å². The van der Waals surface area contributed by atoms with Crippen molar-refractivity contribution >= 4 is 89.5 Å². The molecule has 12 heteroatoms. The lowest BCUT2D eigenvalue weighted by Gasteiger charge is -2.15. The van der Waals surface area contributed by atoms with E-state index < -0.39 is 10.0 Å². The predicted molar refractivity (Wildman–Crippen MR) is 159 cm³/mol. The molecule has 36 heavy (non-hydrogen) atoms. The summed E-state index contributed by atoms with van der Waals surface area (Å²) in [6.07, 6.45) is 0.779. The molecule has 0 unspecified atom stereocenters. The molecule has 4 aromatic rings. The summed E-state index contributed by atoms with van der Waals surface area (Å²) in [4.78, 5) is 31.1. The number of sulfonamides is 1. The van der Waals surface area contributed by atoms with Gasteiger partial charge in [-0.3, -0.25) is 14.2 Å². The van der Waals surface area contributed by atoms with Gasteiger partial charge in [-0.15, -0.1) is 0 Å². The maximum Gasteiger partial charge on any atom is 0.266 e. The van der Waals surface area contributed by atoms with Gasteiger partial charge in [0.2, 0.25) is 15.9 Å². The van der Waals surface area contributed by atoms with Gasteiger partial charge in [0.05, 0.1) is 27.2 Å². The molecule has 1 aromatic heterocycles. The van der Waals surface area contributed by atoms with Gasteiger partial charge in [-0.2, -0.15) is 0 Å². The molecule has 1 amide bonds. The van der Waals surface area contributed by atoms with E-state index in [2.05, 4.69) is 50.5 Å². The number of fused-ring (bicyclic) bond motifs is 1. The van der Waals surface area contributed by atoms with Gasteiger partial charge in [0.15, 0.2) is 5.16 Å². The van der Waals surface area contributed by atoms with Gasteiger partial charge in [-0.25, -0.2) is 18.5 Å². The first-order chi connectivity index (χ1) is 17.1. The van der Waals surface area contributed by atoms with Crippen molar-refractivity contribution in [3.63, 3.8) is 0 Å². The summed E-state index contributed by atoms with van der Waals surface area (Å²) in [6.45, 7) is 2.02. The molecular formula is C24H20I2N4O4S2. The number of rotatable bonds is 7. The van der Waals surface area contributed by atoms with Gasteiger partial charge in [-0.05, 0) is 99.6 Å². The highest BCUT2D eigenvalue weighted by molar-refractivity contribution is 14.1. The molecule has 0 bridgehead atoms. The first-order valence-corrected chi connectivity index (χ1v) is 15.3. The molecule has 0 saturated heterocycles. The fraction of sp³-hybridized carbons (Fsp3) is 0.125. The summed E-state index contributed by atoms with van der Waals surface area (Å²) in [5.74, 6) is -0.213. The van der Waals surface area contributed by atoms with E-state index in [9.17, 15) is 18.0 Å². The summed E-state index contributed by atoms with van der Waals surface area (Å²) in [5, 5.41) is 8.88. The molecule has 0 atom stereocenters. The van der Waals surface area contributed by atoms with E-state index in [4.69, 9.17) is 10.1 Å². The number of primary sulfonamides is 1. The lowest BCUT2D eigenvalue weighted by atomic mass is 10.1. The third kappa shape index (κ3) is 5.93. The van der Waals surface area contributed by atoms with E-state index in [0.717, 1.165) is 36.6 Å². The van der Waals surface area contributed by atoms with Crippen LogP contribution in [0.3, 0.4) is 0 Å². The summed E-state index contributed by atoms with van der Waals surface area (Å²) in [5.41, 5.74) is 2.40. The monoisotopic (exact) mass is 746 g/mol. The number of para-hydroxylation sites is 1. The zero-order valence-electron chi connectivity index (χ0n) is 18.9. The Balaban J connectivity index is 1.75. The lowest BCUT2D eigenvalue weighted by molar-refractivity contribution is -0.113. The van der Waals surface area contributed by atoms with Crippen LogP contribution in [0.5, 0.6) is 0 Å². The predicted octanol–water partition coefficient (Wildman–Crippen LogP) is 4.54. The number of hydrogen-bond acceptors (Lipinski definition) is 6. The van der Waals surface area contributed by atoms with Crippen LogP contribution in [0.25, 0.3) is 16.6 Å². The number of benzene rings is 3. The molecule has 0 radical (unpaired) electrons. The Morgan fingerprint density at radius 3 is 2.47 bits per heavy atom. The highest BCUT2D eigenvalue weighted by Crippen LogP contribution is 2.26. The van der Waals surface area contributed by atoms with Crippen LogP contribution in [0.4, 0.5) is 5.69 Å². The van der Waals surface area contributed by atoms with Crippen molar-refractivity contribution in [1.29, 1.82) is 0 Å². The largest absolute Gasteiger partial charge is 0.325 e. The number of halogens is 2. The van der Waals surface area contributed by atoms with Crippen LogP contribution < -0.4 is 16.0 Å². The zero-order valence-corrected chi connectivity index (χ0v) is 24.8. The van der Waals surface area contributed by atoms with Crippen molar-refractivity contribution < 1.29 is 13.2 Å². The summed E-state index contributed by atoms with van der Waals surface area (Å²) in [7, 11) is -3.89. The molecule has 0 fully saturated rings. The number of nitrogens with one attached hydrogen (secondary N) is 1. The van der Waals surface area contributed by atoms with Crippen molar-refractivity contribution in [2.45, 2.75) is 23.4 Å². The van der Waals surface area contributed by atoms with Gasteiger partial charge in [0, 0.05) is 12.8 Å². The molecule has 0 saturated carbocycles. The average Bonchev–Trinajstić information content (AvgIpc) is 2.83. The van der Waals surface area contributed by atoms with E-state index >= 15 is 0 Å². The number of nitrogens with zero attached hydrogens (tertiary/aromatic N) is 2. The number of aromatic nitrogens is 2. The van der Waals surface area contributed by atoms with Crippen molar-refractivity contribution in [1.82, 2.24) is 9.55 Å². The minimum atomic E-state index is -3.89. The third-order valence-corrected chi connectivity index (χ3v) is 8.60. The molecule has 0 aliphatic carbocycles. The molecule has 4 rings (SSSR count). The van der Waals surface area contributed by atoms with Crippen LogP contribution in [-0.2, 0) is 21.2 Å². The van der Waals surface area contributed by atoms with Gasteiger partial charge in [0.25, 0.3) is 5.56 Å². The van der Waals surface area contributed by atoms with Crippen LogP contribution in [0, 0.1) is 7.14 Å². The van der Waals surface area contributed by atoms with E-state index in [1.165, 1.54) is 28.8 Å². The molecule has 0 aliphatic rings. The summed E-state index contributed by atoms with van der Waals surface area (Å²) < 4.78 is 26.5. The second-order valence-electron chi connectivity index (χ2n) is 7.71. The SMILES string of the molecule is CCc1ccccc1NC(=O)CSc1nc2c(I)cc(I)cc2c(=O)n1-c1ccc(S(N)(=O)=O)cc1. The summed E-state index contributed by atoms with van der Waals surface area (Å²) in [6, 6.07) is 16.9. The van der Waals surface area contributed by atoms with E-state index in [1.807, 2.05) is 37.3 Å². The van der Waals surface area contributed by atoms with Crippen molar-refractivity contribution in [2.24, 2.45) is 5.14 Å². The standard InChI is InChI=1S/C24H20I2N4O4S2/c1-2-14-5-3-4-6-20(14)28-21(31)13-35-24-29-22-18(11-15(25)12-19(22)26)23(32)30(24)16-7-9-17(10-8-16)36(27,33)34/h3-12H,2,13H2,1H3,(H,28,31)(H2,27,33,34).